The molecule has 110 valence electrons. The molecule has 2 aromatic carbocycles. The minimum Gasteiger partial charge on any atom is -0.508 e. The molecule has 0 aliphatic carbocycles. The molecule has 0 amide bonds. The van der Waals surface area contributed by atoms with E-state index in [-0.39, 0.29) is 11.9 Å². The molecular formula is C17H14BrN3O. The fraction of sp³-hybridized carbons (Fsp3) is 0.118. The largest absolute Gasteiger partial charge is 0.508 e. The van der Waals surface area contributed by atoms with Crippen LogP contribution < -0.4 is 5.32 Å². The van der Waals surface area contributed by atoms with Crippen LogP contribution in [0.15, 0.2) is 53.0 Å². The Morgan fingerprint density at radius 1 is 1.18 bits per heavy atom. The predicted molar refractivity (Wildman–Crippen MR) is 90.0 cm³/mol. The third-order valence-corrected chi connectivity index (χ3v) is 4.38. The average Bonchev–Trinajstić information content (AvgIpc) is 2.91. The first-order valence-corrected chi connectivity index (χ1v) is 7.83. The van der Waals surface area contributed by atoms with Crippen LogP contribution in [-0.2, 0) is 0 Å². The van der Waals surface area contributed by atoms with Crippen LogP contribution in [0, 0.1) is 6.92 Å². The van der Waals surface area contributed by atoms with Crippen molar-refractivity contribution in [2.45, 2.75) is 13.1 Å². The lowest BCUT2D eigenvalue weighted by molar-refractivity contribution is 0.452. The Kier molecular flexibility index (Phi) is 2.97. The summed E-state index contributed by atoms with van der Waals surface area (Å²) in [5, 5.41) is 18.3. The molecule has 3 aromatic rings. The highest BCUT2D eigenvalue weighted by Crippen LogP contribution is 2.40. The number of benzene rings is 2. The molecule has 0 saturated carbocycles. The molecule has 22 heavy (non-hydrogen) atoms. The predicted octanol–water partition coefficient (Wildman–Crippen LogP) is 4.30. The smallest absolute Gasteiger partial charge is 0.150 e. The summed E-state index contributed by atoms with van der Waals surface area (Å²) < 4.78 is 2.85. The lowest BCUT2D eigenvalue weighted by Gasteiger charge is -2.29. The molecule has 1 atom stereocenters. The molecule has 2 heterocycles. The van der Waals surface area contributed by atoms with Crippen LogP contribution in [0.25, 0.3) is 11.3 Å². The maximum absolute atomic E-state index is 10.3. The number of phenolic OH excluding ortho intramolecular Hbond substituents is 1. The van der Waals surface area contributed by atoms with Crippen molar-refractivity contribution in [2.75, 3.05) is 5.32 Å². The molecule has 0 spiro atoms. The van der Waals surface area contributed by atoms with Crippen LogP contribution in [0.5, 0.6) is 5.75 Å². The topological polar surface area (TPSA) is 50.1 Å². The lowest BCUT2D eigenvalue weighted by atomic mass is 10.0. The van der Waals surface area contributed by atoms with E-state index in [4.69, 9.17) is 0 Å². The Labute approximate surface area is 136 Å². The van der Waals surface area contributed by atoms with Crippen LogP contribution in [0.1, 0.15) is 17.4 Å². The normalized spacial score (nSPS) is 15.8. The summed E-state index contributed by atoms with van der Waals surface area (Å²) in [6.07, 6.45) is -0.240. The van der Waals surface area contributed by atoms with Crippen molar-refractivity contribution < 1.29 is 5.11 Å². The van der Waals surface area contributed by atoms with Crippen molar-refractivity contribution in [1.29, 1.82) is 0 Å². The van der Waals surface area contributed by atoms with E-state index in [9.17, 15) is 5.11 Å². The van der Waals surface area contributed by atoms with Crippen molar-refractivity contribution >= 4 is 21.6 Å². The van der Waals surface area contributed by atoms with E-state index < -0.39 is 0 Å². The number of nitrogens with zero attached hydrogens (tertiary/aromatic N) is 2. The van der Waals surface area contributed by atoms with Crippen molar-refractivity contribution in [2.24, 2.45) is 0 Å². The zero-order valence-corrected chi connectivity index (χ0v) is 13.5. The van der Waals surface area contributed by atoms with Crippen LogP contribution in [0.3, 0.4) is 0 Å². The van der Waals surface area contributed by atoms with Gasteiger partial charge in [-0.3, -0.25) is 0 Å². The number of para-hydroxylation sites is 1. The van der Waals surface area contributed by atoms with Gasteiger partial charge in [-0.1, -0.05) is 34.1 Å². The maximum atomic E-state index is 10.3. The highest BCUT2D eigenvalue weighted by atomic mass is 79.9. The van der Waals surface area contributed by atoms with Gasteiger partial charge in [0.25, 0.3) is 0 Å². The van der Waals surface area contributed by atoms with Gasteiger partial charge in [0.1, 0.15) is 5.75 Å². The number of aryl methyl sites for hydroxylation is 1. The number of phenols is 1. The highest BCUT2D eigenvalue weighted by Gasteiger charge is 2.27. The fourth-order valence-electron chi connectivity index (χ4n) is 2.91. The molecule has 1 aromatic heterocycles. The van der Waals surface area contributed by atoms with E-state index in [1.165, 1.54) is 0 Å². The lowest BCUT2D eigenvalue weighted by Crippen LogP contribution is -2.25. The number of rotatable bonds is 1. The van der Waals surface area contributed by atoms with Crippen LogP contribution in [0.2, 0.25) is 0 Å². The van der Waals surface area contributed by atoms with Gasteiger partial charge >= 0.3 is 0 Å². The van der Waals surface area contributed by atoms with Gasteiger partial charge in [-0.15, -0.1) is 0 Å². The zero-order valence-electron chi connectivity index (χ0n) is 11.9. The first kappa shape index (κ1) is 13.4. The van der Waals surface area contributed by atoms with Crippen molar-refractivity contribution in [1.82, 2.24) is 9.78 Å². The number of halogens is 1. The SMILES string of the molecule is Cc1cc2n(n1)[C@H](c1cc(Br)ccc1O)Nc1ccccc1-2. The summed E-state index contributed by atoms with van der Waals surface area (Å²) in [6, 6.07) is 15.6. The number of fused-ring (bicyclic) bond motifs is 3. The standard InChI is InChI=1S/C17H14BrN3O/c1-10-8-15-12-4-2-3-5-14(12)19-17(21(15)20-10)13-9-11(18)6-7-16(13)22/h2-9,17,19,22H,1H3/t17-/m1/s1. The Hall–Kier alpha value is -2.27. The summed E-state index contributed by atoms with van der Waals surface area (Å²) >= 11 is 3.47. The second kappa shape index (κ2) is 4.88. The third-order valence-electron chi connectivity index (χ3n) is 3.88. The minimum atomic E-state index is -0.240. The zero-order chi connectivity index (χ0) is 15.3. The monoisotopic (exact) mass is 355 g/mol. The van der Waals surface area contributed by atoms with Gasteiger partial charge in [0.15, 0.2) is 6.17 Å². The highest BCUT2D eigenvalue weighted by molar-refractivity contribution is 9.10. The van der Waals surface area contributed by atoms with E-state index in [2.05, 4.69) is 38.5 Å². The molecule has 1 aliphatic rings. The van der Waals surface area contributed by atoms with Gasteiger partial charge < -0.3 is 10.4 Å². The van der Waals surface area contributed by atoms with E-state index in [1.807, 2.05) is 41.9 Å². The number of hydrogen-bond acceptors (Lipinski definition) is 3. The molecule has 0 saturated heterocycles. The maximum Gasteiger partial charge on any atom is 0.150 e. The summed E-state index contributed by atoms with van der Waals surface area (Å²) in [4.78, 5) is 0. The van der Waals surface area contributed by atoms with Gasteiger partial charge in [0.05, 0.1) is 11.4 Å². The number of hydrogen-bond donors (Lipinski definition) is 2. The van der Waals surface area contributed by atoms with Gasteiger partial charge in [0.2, 0.25) is 0 Å². The molecular weight excluding hydrogens is 342 g/mol. The second-order valence-corrected chi connectivity index (χ2v) is 6.33. The molecule has 2 N–H and O–H groups in total. The van der Waals surface area contributed by atoms with E-state index in [1.54, 1.807) is 6.07 Å². The first-order valence-electron chi connectivity index (χ1n) is 7.04. The van der Waals surface area contributed by atoms with E-state index in [0.717, 1.165) is 32.7 Å². The van der Waals surface area contributed by atoms with E-state index >= 15 is 0 Å². The minimum absolute atomic E-state index is 0.240. The second-order valence-electron chi connectivity index (χ2n) is 5.41. The van der Waals surface area contributed by atoms with Gasteiger partial charge in [-0.2, -0.15) is 5.10 Å². The van der Waals surface area contributed by atoms with Crippen molar-refractivity contribution in [3.63, 3.8) is 0 Å². The third kappa shape index (κ3) is 2.01. The molecule has 0 fully saturated rings. The molecule has 4 rings (SSSR count). The summed E-state index contributed by atoms with van der Waals surface area (Å²) in [5.74, 6) is 0.249. The van der Waals surface area contributed by atoms with Crippen molar-refractivity contribution in [3.05, 3.63) is 64.3 Å². The molecule has 0 unspecified atom stereocenters. The first-order chi connectivity index (χ1) is 10.6. The number of aromatic hydroxyl groups is 1. The Balaban J connectivity index is 1.94. The number of anilines is 1. The number of aromatic nitrogens is 2. The molecule has 4 nitrogen and oxygen atoms in total. The van der Waals surface area contributed by atoms with E-state index in [0.29, 0.717) is 0 Å². The molecule has 0 radical (unpaired) electrons. The Morgan fingerprint density at radius 3 is 2.86 bits per heavy atom. The van der Waals surface area contributed by atoms with Gasteiger partial charge in [-0.25, -0.2) is 4.68 Å². The summed E-state index contributed by atoms with van der Waals surface area (Å²) in [7, 11) is 0. The Bertz CT molecular complexity index is 872. The molecule has 0 bridgehead atoms. The fourth-order valence-corrected chi connectivity index (χ4v) is 3.29. The summed E-state index contributed by atoms with van der Waals surface area (Å²) in [5.41, 5.74) is 4.95. The van der Waals surface area contributed by atoms with Crippen LogP contribution in [-0.4, -0.2) is 14.9 Å². The van der Waals surface area contributed by atoms with Gasteiger partial charge in [-0.05, 0) is 37.3 Å². The number of nitrogens with one attached hydrogen (secondary N) is 1. The quantitative estimate of drug-likeness (QED) is 0.684. The Morgan fingerprint density at radius 2 is 2.00 bits per heavy atom. The molecule has 5 heteroatoms. The summed E-state index contributed by atoms with van der Waals surface area (Å²) in [6.45, 7) is 1.98. The molecule has 1 aliphatic heterocycles. The van der Waals surface area contributed by atoms with Crippen LogP contribution in [0.4, 0.5) is 5.69 Å². The average molecular weight is 356 g/mol. The van der Waals surface area contributed by atoms with Crippen molar-refractivity contribution in [3.8, 4) is 17.0 Å². The van der Waals surface area contributed by atoms with Crippen LogP contribution >= 0.6 is 15.9 Å². The van der Waals surface area contributed by atoms with Gasteiger partial charge in [0, 0.05) is 21.3 Å².